The summed E-state index contributed by atoms with van der Waals surface area (Å²) in [7, 11) is 0. The minimum Gasteiger partial charge on any atom is -0.504 e. The first-order chi connectivity index (χ1) is 8.93. The molecule has 1 aromatic rings. The van der Waals surface area contributed by atoms with Crippen molar-refractivity contribution in [3.63, 3.8) is 0 Å². The number of phenolic OH excluding ortho intramolecular Hbond substituents is 2. The second-order valence-corrected chi connectivity index (χ2v) is 4.41. The first-order valence-corrected chi connectivity index (χ1v) is 6.21. The van der Waals surface area contributed by atoms with Crippen LogP contribution in [0.5, 0.6) is 11.5 Å². The van der Waals surface area contributed by atoms with Gasteiger partial charge in [0.05, 0.1) is 0 Å². The number of carboxylic acid groups (broad SMARTS) is 1. The van der Waals surface area contributed by atoms with Gasteiger partial charge in [-0.15, -0.1) is 0 Å². The van der Waals surface area contributed by atoms with Gasteiger partial charge in [0.15, 0.2) is 11.5 Å². The normalized spacial score (nSPS) is 11.8. The summed E-state index contributed by atoms with van der Waals surface area (Å²) in [6, 6.07) is 2.92. The smallest absolute Gasteiger partial charge is 0.326 e. The highest BCUT2D eigenvalue weighted by Gasteiger charge is 2.20. The van der Waals surface area contributed by atoms with E-state index in [-0.39, 0.29) is 24.3 Å². The van der Waals surface area contributed by atoms with Crippen molar-refractivity contribution in [2.24, 2.45) is 0 Å². The molecule has 0 aliphatic carbocycles. The van der Waals surface area contributed by atoms with Crippen LogP contribution in [0.3, 0.4) is 0 Å². The number of carboxylic acids is 1. The summed E-state index contributed by atoms with van der Waals surface area (Å²) in [5.41, 5.74) is 0.494. The molecular formula is C12H15NO5S. The molecule has 0 aliphatic rings. The lowest BCUT2D eigenvalue weighted by Gasteiger charge is -2.14. The van der Waals surface area contributed by atoms with Gasteiger partial charge >= 0.3 is 5.97 Å². The fourth-order valence-electron chi connectivity index (χ4n) is 1.50. The van der Waals surface area contributed by atoms with Crippen LogP contribution in [0.2, 0.25) is 0 Å². The van der Waals surface area contributed by atoms with Crippen molar-refractivity contribution in [1.29, 1.82) is 0 Å². The van der Waals surface area contributed by atoms with Crippen LogP contribution in [0.25, 0.3) is 0 Å². The molecule has 1 rings (SSSR count). The van der Waals surface area contributed by atoms with Crippen molar-refractivity contribution in [2.45, 2.75) is 18.9 Å². The lowest BCUT2D eigenvalue weighted by atomic mass is 10.1. The molecule has 0 heterocycles. The minimum absolute atomic E-state index is 0.0154. The average molecular weight is 285 g/mol. The predicted molar refractivity (Wildman–Crippen MR) is 71.5 cm³/mol. The van der Waals surface area contributed by atoms with E-state index in [1.807, 2.05) is 0 Å². The Kier molecular flexibility index (Phi) is 5.50. The van der Waals surface area contributed by atoms with E-state index in [2.05, 4.69) is 17.9 Å². The van der Waals surface area contributed by atoms with E-state index >= 15 is 0 Å². The van der Waals surface area contributed by atoms with Gasteiger partial charge in [-0.1, -0.05) is 6.07 Å². The molecule has 0 unspecified atom stereocenters. The number of hydrogen-bond acceptors (Lipinski definition) is 5. The maximum Gasteiger partial charge on any atom is 0.326 e. The Hall–Kier alpha value is -1.89. The van der Waals surface area contributed by atoms with Crippen molar-refractivity contribution in [3.05, 3.63) is 23.8 Å². The zero-order chi connectivity index (χ0) is 14.4. The Morgan fingerprint density at radius 2 is 1.95 bits per heavy atom. The number of amides is 1. The van der Waals surface area contributed by atoms with Crippen LogP contribution in [0, 0.1) is 0 Å². The fraction of sp³-hybridized carbons (Fsp3) is 0.333. The van der Waals surface area contributed by atoms with Gasteiger partial charge in [0.25, 0.3) is 0 Å². The highest BCUT2D eigenvalue weighted by Crippen LogP contribution is 2.25. The summed E-state index contributed by atoms with van der Waals surface area (Å²) in [6.45, 7) is 0. The minimum atomic E-state index is -1.17. The second kappa shape index (κ2) is 6.89. The van der Waals surface area contributed by atoms with Crippen molar-refractivity contribution >= 4 is 24.5 Å². The summed E-state index contributed by atoms with van der Waals surface area (Å²) in [5.74, 6) is -1.85. The second-order valence-electron chi connectivity index (χ2n) is 3.96. The van der Waals surface area contributed by atoms with Crippen molar-refractivity contribution in [2.75, 3.05) is 5.75 Å². The van der Waals surface area contributed by atoms with Crippen LogP contribution in [0.4, 0.5) is 0 Å². The molecule has 0 aliphatic heterocycles. The maximum atomic E-state index is 11.4. The molecule has 0 saturated carbocycles. The molecule has 6 nitrogen and oxygen atoms in total. The summed E-state index contributed by atoms with van der Waals surface area (Å²) < 4.78 is 0. The quantitative estimate of drug-likeness (QED) is 0.387. The summed E-state index contributed by atoms with van der Waals surface area (Å²) >= 11 is 3.89. The Morgan fingerprint density at radius 3 is 2.47 bits per heavy atom. The van der Waals surface area contributed by atoms with Crippen LogP contribution in [-0.4, -0.2) is 39.0 Å². The molecule has 4 N–H and O–H groups in total. The van der Waals surface area contributed by atoms with Gasteiger partial charge in [0.2, 0.25) is 5.91 Å². The maximum absolute atomic E-state index is 11.4. The molecule has 19 heavy (non-hydrogen) atoms. The van der Waals surface area contributed by atoms with E-state index < -0.39 is 17.9 Å². The topological polar surface area (TPSA) is 107 Å². The number of thiol groups is 1. The lowest BCUT2D eigenvalue weighted by molar-refractivity contribution is -0.141. The third-order valence-corrected chi connectivity index (χ3v) is 2.68. The molecule has 1 amide bonds. The number of aliphatic carboxylic acids is 1. The zero-order valence-corrected chi connectivity index (χ0v) is 10.9. The predicted octanol–water partition coefficient (Wildman–Crippen LogP) is 0.530. The molecule has 7 heteroatoms. The molecule has 0 bridgehead atoms. The number of aromatic hydroxyl groups is 2. The number of hydrogen-bond donors (Lipinski definition) is 5. The van der Waals surface area contributed by atoms with E-state index in [9.17, 15) is 14.7 Å². The number of benzene rings is 1. The van der Waals surface area contributed by atoms with Gasteiger partial charge in [0, 0.05) is 12.8 Å². The van der Waals surface area contributed by atoms with Gasteiger partial charge < -0.3 is 20.6 Å². The third-order valence-electron chi connectivity index (χ3n) is 2.45. The SMILES string of the molecule is O=C(CCS)N[C@@H](Cc1ccc(O)c(O)c1)C(=O)O. The number of phenols is 2. The molecule has 1 atom stereocenters. The van der Waals surface area contributed by atoms with Gasteiger partial charge in [-0.05, 0) is 23.4 Å². The van der Waals surface area contributed by atoms with Crippen molar-refractivity contribution in [3.8, 4) is 11.5 Å². The van der Waals surface area contributed by atoms with E-state index in [0.29, 0.717) is 11.3 Å². The molecule has 0 fully saturated rings. The van der Waals surface area contributed by atoms with Gasteiger partial charge in [-0.25, -0.2) is 4.79 Å². The average Bonchev–Trinajstić information content (AvgIpc) is 2.33. The molecule has 0 aromatic heterocycles. The van der Waals surface area contributed by atoms with Crippen LogP contribution in [0.1, 0.15) is 12.0 Å². The third kappa shape index (κ3) is 4.70. The summed E-state index contributed by atoms with van der Waals surface area (Å²) in [6.07, 6.45) is 0.148. The molecule has 0 saturated heterocycles. The van der Waals surface area contributed by atoms with E-state index in [1.54, 1.807) is 0 Å². The van der Waals surface area contributed by atoms with Crippen LogP contribution in [0.15, 0.2) is 18.2 Å². The van der Waals surface area contributed by atoms with E-state index in [1.165, 1.54) is 18.2 Å². The molecule has 1 aromatic carbocycles. The number of carbonyl (C=O) groups is 2. The van der Waals surface area contributed by atoms with E-state index in [4.69, 9.17) is 10.2 Å². The summed E-state index contributed by atoms with van der Waals surface area (Å²) in [5, 5.41) is 29.9. The summed E-state index contributed by atoms with van der Waals surface area (Å²) in [4.78, 5) is 22.4. The Balaban J connectivity index is 2.75. The lowest BCUT2D eigenvalue weighted by Crippen LogP contribution is -2.42. The molecular weight excluding hydrogens is 270 g/mol. The zero-order valence-electron chi connectivity index (χ0n) is 10.0. The number of nitrogens with one attached hydrogen (secondary N) is 1. The molecule has 0 spiro atoms. The monoisotopic (exact) mass is 285 g/mol. The standard InChI is InChI=1S/C12H15NO5S/c14-9-2-1-7(6-10(9)15)5-8(12(17)18)13-11(16)3-4-19/h1-2,6,8,14-15,19H,3-5H2,(H,13,16)(H,17,18)/t8-/m0/s1. The van der Waals surface area contributed by atoms with Gasteiger partial charge in [-0.2, -0.15) is 12.6 Å². The van der Waals surface area contributed by atoms with Gasteiger partial charge in [-0.3, -0.25) is 4.79 Å². The van der Waals surface area contributed by atoms with Gasteiger partial charge in [0.1, 0.15) is 6.04 Å². The number of carbonyl (C=O) groups excluding carboxylic acids is 1. The van der Waals surface area contributed by atoms with E-state index in [0.717, 1.165) is 0 Å². The van der Waals surface area contributed by atoms with Crippen molar-refractivity contribution in [1.82, 2.24) is 5.32 Å². The van der Waals surface area contributed by atoms with Crippen LogP contribution < -0.4 is 5.32 Å². The first-order valence-electron chi connectivity index (χ1n) is 5.58. The highest BCUT2D eigenvalue weighted by molar-refractivity contribution is 7.80. The van der Waals surface area contributed by atoms with Crippen LogP contribution in [-0.2, 0) is 16.0 Å². The molecule has 0 radical (unpaired) electrons. The first kappa shape index (κ1) is 15.2. The Morgan fingerprint density at radius 1 is 1.26 bits per heavy atom. The fourth-order valence-corrected chi connectivity index (χ4v) is 1.70. The largest absolute Gasteiger partial charge is 0.504 e. The number of rotatable bonds is 6. The highest BCUT2D eigenvalue weighted by atomic mass is 32.1. The molecule has 104 valence electrons. The Labute approximate surface area is 115 Å². The van der Waals surface area contributed by atoms with Crippen molar-refractivity contribution < 1.29 is 24.9 Å². The van der Waals surface area contributed by atoms with Crippen LogP contribution >= 0.6 is 12.6 Å². The Bertz CT molecular complexity index is 477.